The van der Waals surface area contributed by atoms with Crippen LogP contribution in [0.3, 0.4) is 0 Å². The quantitative estimate of drug-likeness (QED) is 0.877. The van der Waals surface area contributed by atoms with E-state index in [1.54, 1.807) is 11.3 Å². The first kappa shape index (κ1) is 12.0. The van der Waals surface area contributed by atoms with E-state index < -0.39 is 0 Å². The molecule has 2 aromatic rings. The highest BCUT2D eigenvalue weighted by Gasteiger charge is 2.17. The van der Waals surface area contributed by atoms with Gasteiger partial charge < -0.3 is 15.6 Å². The van der Waals surface area contributed by atoms with Crippen LogP contribution in [-0.4, -0.2) is 16.0 Å². The van der Waals surface area contributed by atoms with Crippen LogP contribution >= 0.6 is 11.3 Å². The summed E-state index contributed by atoms with van der Waals surface area (Å²) in [5, 5.41) is 2.09. The fourth-order valence-corrected chi connectivity index (χ4v) is 2.49. The number of aromatic amines is 1. The number of nitrogen functional groups attached to an aromatic ring is 1. The lowest BCUT2D eigenvalue weighted by Gasteiger charge is -2.26. The van der Waals surface area contributed by atoms with Crippen LogP contribution in [0, 0.1) is 6.92 Å². The maximum Gasteiger partial charge on any atom is 0.171 e. The normalized spacial score (nSPS) is 11.1. The van der Waals surface area contributed by atoms with Gasteiger partial charge >= 0.3 is 0 Å². The molecule has 0 unspecified atom stereocenters. The van der Waals surface area contributed by atoms with E-state index in [4.69, 9.17) is 5.73 Å². The van der Waals surface area contributed by atoms with Crippen LogP contribution in [0.25, 0.3) is 0 Å². The van der Waals surface area contributed by atoms with E-state index in [0.717, 1.165) is 18.2 Å². The summed E-state index contributed by atoms with van der Waals surface area (Å²) in [5.41, 5.74) is 5.95. The van der Waals surface area contributed by atoms with Crippen molar-refractivity contribution in [2.75, 3.05) is 10.6 Å². The number of imidazole rings is 1. The van der Waals surface area contributed by atoms with Crippen molar-refractivity contribution in [3.05, 3.63) is 28.2 Å². The fraction of sp³-hybridized carbons (Fsp3) is 0.417. The van der Waals surface area contributed by atoms with Gasteiger partial charge in [0.15, 0.2) is 5.82 Å². The molecule has 2 rings (SSSR count). The zero-order valence-electron chi connectivity index (χ0n) is 10.4. The second-order valence-corrected chi connectivity index (χ2v) is 5.39. The van der Waals surface area contributed by atoms with E-state index in [1.807, 2.05) is 6.92 Å². The van der Waals surface area contributed by atoms with Crippen molar-refractivity contribution >= 4 is 23.0 Å². The molecular weight excluding hydrogens is 232 g/mol. The monoisotopic (exact) mass is 250 g/mol. The second-order valence-electron chi connectivity index (χ2n) is 4.36. The third-order valence-electron chi connectivity index (χ3n) is 2.63. The molecule has 0 aliphatic carbocycles. The summed E-state index contributed by atoms with van der Waals surface area (Å²) in [4.78, 5) is 11.0. The molecule has 0 aliphatic rings. The van der Waals surface area contributed by atoms with Gasteiger partial charge in [-0.25, -0.2) is 4.98 Å². The molecule has 0 aliphatic heterocycles. The van der Waals surface area contributed by atoms with Gasteiger partial charge in [-0.15, -0.1) is 11.3 Å². The first-order valence-electron chi connectivity index (χ1n) is 5.69. The van der Waals surface area contributed by atoms with Crippen LogP contribution in [-0.2, 0) is 6.54 Å². The van der Waals surface area contributed by atoms with Crippen LogP contribution in [0.2, 0.25) is 0 Å². The van der Waals surface area contributed by atoms with Gasteiger partial charge in [-0.1, -0.05) is 6.07 Å². The lowest BCUT2D eigenvalue weighted by molar-refractivity contribution is 0.679. The Hall–Kier alpha value is -1.49. The van der Waals surface area contributed by atoms with Gasteiger partial charge in [0.1, 0.15) is 11.6 Å². The highest BCUT2D eigenvalue weighted by Crippen LogP contribution is 2.25. The van der Waals surface area contributed by atoms with E-state index in [-0.39, 0.29) is 0 Å². The third-order valence-corrected chi connectivity index (χ3v) is 3.49. The minimum absolute atomic E-state index is 0.363. The molecule has 2 heterocycles. The lowest BCUT2D eigenvalue weighted by Crippen LogP contribution is -2.30. The number of anilines is 2. The fourth-order valence-electron chi connectivity index (χ4n) is 1.79. The number of hydrogen-bond acceptors (Lipinski definition) is 4. The number of hydrogen-bond donors (Lipinski definition) is 2. The first-order valence-corrected chi connectivity index (χ1v) is 6.57. The maximum atomic E-state index is 5.95. The smallest absolute Gasteiger partial charge is 0.171 e. The molecule has 0 saturated heterocycles. The highest BCUT2D eigenvalue weighted by atomic mass is 32.1. The number of aryl methyl sites for hydroxylation is 1. The SMILES string of the molecule is Cc1nc(N(Cc2cccs2)C(C)C)c(N)[nH]1. The molecule has 0 fully saturated rings. The number of H-pyrrole nitrogens is 1. The molecule has 0 atom stereocenters. The molecule has 2 aromatic heterocycles. The van der Waals surface area contributed by atoms with E-state index in [2.05, 4.69) is 46.2 Å². The van der Waals surface area contributed by atoms with Gasteiger partial charge in [0.05, 0.1) is 6.54 Å². The van der Waals surface area contributed by atoms with Gasteiger partial charge in [-0.2, -0.15) is 0 Å². The number of rotatable bonds is 4. The minimum atomic E-state index is 0.363. The second kappa shape index (κ2) is 4.79. The summed E-state index contributed by atoms with van der Waals surface area (Å²) in [6, 6.07) is 4.56. The van der Waals surface area contributed by atoms with Crippen molar-refractivity contribution in [1.29, 1.82) is 0 Å². The number of nitrogens with zero attached hydrogens (tertiary/aromatic N) is 2. The van der Waals surface area contributed by atoms with E-state index >= 15 is 0 Å². The molecule has 0 bridgehead atoms. The van der Waals surface area contributed by atoms with E-state index in [0.29, 0.717) is 11.9 Å². The average molecular weight is 250 g/mol. The molecule has 5 heteroatoms. The van der Waals surface area contributed by atoms with Crippen molar-refractivity contribution in [2.45, 2.75) is 33.4 Å². The standard InChI is InChI=1S/C12H18N4S/c1-8(2)16(7-10-5-4-6-17-10)12-11(13)14-9(3)15-12/h4-6,8H,7,13H2,1-3H3,(H,14,15). The zero-order valence-corrected chi connectivity index (χ0v) is 11.2. The average Bonchev–Trinajstić information content (AvgIpc) is 2.84. The predicted molar refractivity (Wildman–Crippen MR) is 73.4 cm³/mol. The Balaban J connectivity index is 2.26. The largest absolute Gasteiger partial charge is 0.382 e. The molecular formula is C12H18N4S. The van der Waals surface area contributed by atoms with Gasteiger partial charge in [-0.05, 0) is 32.2 Å². The van der Waals surface area contributed by atoms with Crippen LogP contribution < -0.4 is 10.6 Å². The van der Waals surface area contributed by atoms with Crippen LogP contribution in [0.4, 0.5) is 11.6 Å². The molecule has 0 radical (unpaired) electrons. The topological polar surface area (TPSA) is 57.9 Å². The Labute approximate surface area is 105 Å². The Morgan fingerprint density at radius 3 is 2.76 bits per heavy atom. The Kier molecular flexibility index (Phi) is 3.38. The molecule has 3 N–H and O–H groups in total. The van der Waals surface area contributed by atoms with Crippen LogP contribution in [0.1, 0.15) is 24.5 Å². The first-order chi connectivity index (χ1) is 8.08. The molecule has 92 valence electrons. The predicted octanol–water partition coefficient (Wildman–Crippen LogP) is 2.78. The van der Waals surface area contributed by atoms with E-state index in [9.17, 15) is 0 Å². The summed E-state index contributed by atoms with van der Waals surface area (Å²) in [7, 11) is 0. The number of thiophene rings is 1. The Bertz CT molecular complexity index is 473. The maximum absolute atomic E-state index is 5.95. The summed E-state index contributed by atoms with van der Waals surface area (Å²) in [5.74, 6) is 2.35. The zero-order chi connectivity index (χ0) is 12.4. The van der Waals surface area contributed by atoms with Crippen molar-refractivity contribution < 1.29 is 0 Å². The molecule has 0 amide bonds. The van der Waals surface area contributed by atoms with Crippen LogP contribution in [0.15, 0.2) is 17.5 Å². The van der Waals surface area contributed by atoms with Gasteiger partial charge in [0.2, 0.25) is 0 Å². The van der Waals surface area contributed by atoms with Crippen molar-refractivity contribution in [2.24, 2.45) is 0 Å². The molecule has 17 heavy (non-hydrogen) atoms. The van der Waals surface area contributed by atoms with Crippen LogP contribution in [0.5, 0.6) is 0 Å². The van der Waals surface area contributed by atoms with E-state index in [1.165, 1.54) is 4.88 Å². The van der Waals surface area contributed by atoms with Crippen molar-refractivity contribution in [1.82, 2.24) is 9.97 Å². The lowest BCUT2D eigenvalue weighted by atomic mass is 10.3. The van der Waals surface area contributed by atoms with Gasteiger partial charge in [0.25, 0.3) is 0 Å². The molecule has 0 saturated carbocycles. The molecule has 0 aromatic carbocycles. The summed E-state index contributed by atoms with van der Waals surface area (Å²) < 4.78 is 0. The minimum Gasteiger partial charge on any atom is -0.382 e. The highest BCUT2D eigenvalue weighted by molar-refractivity contribution is 7.09. The molecule has 0 spiro atoms. The number of aromatic nitrogens is 2. The van der Waals surface area contributed by atoms with Gasteiger partial charge in [-0.3, -0.25) is 0 Å². The third kappa shape index (κ3) is 2.61. The van der Waals surface area contributed by atoms with Crippen molar-refractivity contribution in [3.8, 4) is 0 Å². The van der Waals surface area contributed by atoms with Gasteiger partial charge in [0, 0.05) is 10.9 Å². The number of nitrogens with one attached hydrogen (secondary N) is 1. The Morgan fingerprint density at radius 2 is 2.29 bits per heavy atom. The molecule has 4 nitrogen and oxygen atoms in total. The summed E-state index contributed by atoms with van der Waals surface area (Å²) in [6.45, 7) is 7.07. The summed E-state index contributed by atoms with van der Waals surface area (Å²) >= 11 is 1.76. The number of nitrogens with two attached hydrogens (primary N) is 1. The Morgan fingerprint density at radius 1 is 1.53 bits per heavy atom. The van der Waals surface area contributed by atoms with Crippen molar-refractivity contribution in [3.63, 3.8) is 0 Å². The summed E-state index contributed by atoms with van der Waals surface area (Å²) in [6.07, 6.45) is 0.